The number of benzene rings is 1. The summed E-state index contributed by atoms with van der Waals surface area (Å²) in [5.74, 6) is 0.742. The van der Waals surface area contributed by atoms with Gasteiger partial charge in [0.25, 0.3) is 0 Å². The van der Waals surface area contributed by atoms with Crippen LogP contribution in [0.4, 0.5) is 4.79 Å². The van der Waals surface area contributed by atoms with Crippen LogP contribution in [0.25, 0.3) is 5.70 Å². The maximum Gasteiger partial charge on any atom is 0.323 e. The molecule has 0 aromatic heterocycles. The van der Waals surface area contributed by atoms with Crippen LogP contribution in [-0.4, -0.2) is 74.3 Å². The van der Waals surface area contributed by atoms with Crippen molar-refractivity contribution >= 4 is 18.4 Å². The smallest absolute Gasteiger partial charge is 0.323 e. The van der Waals surface area contributed by atoms with Gasteiger partial charge < -0.3 is 19.4 Å². The Hall–Kier alpha value is -2.34. The van der Waals surface area contributed by atoms with E-state index in [0.717, 1.165) is 43.8 Å². The Balaban J connectivity index is 2.07. The molecule has 0 saturated carbocycles. The number of nitrogens with zero attached hydrogens (tertiary/aromatic N) is 4. The number of amides is 2. The topological polar surface area (TPSA) is 48.4 Å². The third kappa shape index (κ3) is 4.85. The summed E-state index contributed by atoms with van der Waals surface area (Å²) < 4.78 is 5.26. The SMILES string of the molecule is C=N/C(=C\N(C)C(=O)N(C)C1CCN(CC)CC1)c1cccc(OC)c1. The van der Waals surface area contributed by atoms with E-state index < -0.39 is 0 Å². The van der Waals surface area contributed by atoms with E-state index in [2.05, 4.69) is 23.5 Å². The molecule has 1 fully saturated rings. The highest BCUT2D eigenvalue weighted by Crippen LogP contribution is 2.22. The van der Waals surface area contributed by atoms with Crippen molar-refractivity contribution in [2.24, 2.45) is 4.99 Å². The van der Waals surface area contributed by atoms with Crippen molar-refractivity contribution in [1.29, 1.82) is 0 Å². The van der Waals surface area contributed by atoms with Crippen molar-refractivity contribution in [2.75, 3.05) is 40.8 Å². The predicted octanol–water partition coefficient (Wildman–Crippen LogP) is 3.16. The van der Waals surface area contributed by atoms with Crippen LogP contribution in [0, 0.1) is 0 Å². The number of carbonyl (C=O) groups is 1. The predicted molar refractivity (Wildman–Crippen MR) is 107 cm³/mol. The molecule has 0 radical (unpaired) electrons. The monoisotopic (exact) mass is 358 g/mol. The number of hydrogen-bond donors (Lipinski definition) is 0. The zero-order valence-corrected chi connectivity index (χ0v) is 16.3. The van der Waals surface area contributed by atoms with Crippen molar-refractivity contribution in [2.45, 2.75) is 25.8 Å². The highest BCUT2D eigenvalue weighted by molar-refractivity contribution is 5.78. The van der Waals surface area contributed by atoms with Gasteiger partial charge in [-0.2, -0.15) is 0 Å². The second-order valence-corrected chi connectivity index (χ2v) is 6.57. The number of likely N-dealkylation sites (tertiary alicyclic amines) is 1. The van der Waals surface area contributed by atoms with Crippen molar-refractivity contribution in [1.82, 2.24) is 14.7 Å². The van der Waals surface area contributed by atoms with E-state index in [1.807, 2.05) is 36.2 Å². The van der Waals surface area contributed by atoms with Crippen LogP contribution in [0.3, 0.4) is 0 Å². The van der Waals surface area contributed by atoms with Crippen LogP contribution in [-0.2, 0) is 0 Å². The Labute approximate surface area is 156 Å². The molecule has 0 aliphatic carbocycles. The highest BCUT2D eigenvalue weighted by atomic mass is 16.5. The molecule has 2 rings (SSSR count). The molecule has 0 N–H and O–H groups in total. The Morgan fingerprint density at radius 2 is 2.08 bits per heavy atom. The van der Waals surface area contributed by atoms with Crippen LogP contribution in [0.15, 0.2) is 35.5 Å². The molecule has 0 spiro atoms. The lowest BCUT2D eigenvalue weighted by Gasteiger charge is -2.37. The number of piperidine rings is 1. The second-order valence-electron chi connectivity index (χ2n) is 6.57. The van der Waals surface area contributed by atoms with Gasteiger partial charge in [0.2, 0.25) is 0 Å². The van der Waals surface area contributed by atoms with Crippen LogP contribution in [0.5, 0.6) is 5.75 Å². The molecule has 6 nitrogen and oxygen atoms in total. The molecule has 1 heterocycles. The first kappa shape index (κ1) is 20.0. The first-order valence-corrected chi connectivity index (χ1v) is 9.05. The lowest BCUT2D eigenvalue weighted by Crippen LogP contribution is -2.48. The van der Waals surface area contributed by atoms with E-state index in [-0.39, 0.29) is 12.1 Å². The van der Waals surface area contributed by atoms with E-state index in [0.29, 0.717) is 5.70 Å². The first-order valence-electron chi connectivity index (χ1n) is 9.05. The van der Waals surface area contributed by atoms with Gasteiger partial charge in [0.1, 0.15) is 5.75 Å². The fourth-order valence-electron chi connectivity index (χ4n) is 3.26. The molecule has 2 amide bonds. The molecular weight excluding hydrogens is 328 g/mol. The van der Waals surface area contributed by atoms with E-state index in [4.69, 9.17) is 4.74 Å². The maximum atomic E-state index is 12.8. The van der Waals surface area contributed by atoms with Gasteiger partial charge in [-0.3, -0.25) is 4.99 Å². The first-order chi connectivity index (χ1) is 12.5. The molecule has 1 aromatic carbocycles. The fraction of sp³-hybridized carbons (Fsp3) is 0.500. The van der Waals surface area contributed by atoms with Gasteiger partial charge in [-0.15, -0.1) is 0 Å². The van der Waals surface area contributed by atoms with Gasteiger partial charge >= 0.3 is 6.03 Å². The summed E-state index contributed by atoms with van der Waals surface area (Å²) in [5.41, 5.74) is 1.49. The summed E-state index contributed by atoms with van der Waals surface area (Å²) >= 11 is 0. The van der Waals surface area contributed by atoms with Crippen LogP contribution in [0.2, 0.25) is 0 Å². The number of methoxy groups -OCH3 is 1. The summed E-state index contributed by atoms with van der Waals surface area (Å²) in [6.07, 6.45) is 3.74. The molecule has 1 saturated heterocycles. The summed E-state index contributed by atoms with van der Waals surface area (Å²) in [7, 11) is 5.26. The molecule has 26 heavy (non-hydrogen) atoms. The molecule has 0 unspecified atom stereocenters. The van der Waals surface area contributed by atoms with Gasteiger partial charge in [0.05, 0.1) is 12.8 Å². The average Bonchev–Trinajstić information content (AvgIpc) is 2.70. The second kappa shape index (κ2) is 9.38. The molecular formula is C20H30N4O2. The molecule has 6 heteroatoms. The maximum absolute atomic E-state index is 12.8. The normalized spacial score (nSPS) is 16.2. The summed E-state index contributed by atoms with van der Waals surface area (Å²) in [4.78, 5) is 22.7. The molecule has 0 atom stereocenters. The number of carbonyl (C=O) groups excluding carboxylic acids is 1. The minimum Gasteiger partial charge on any atom is -0.497 e. The Morgan fingerprint density at radius 1 is 1.38 bits per heavy atom. The van der Waals surface area contributed by atoms with E-state index in [9.17, 15) is 4.79 Å². The highest BCUT2D eigenvalue weighted by Gasteiger charge is 2.26. The molecule has 1 aliphatic rings. The number of hydrogen-bond acceptors (Lipinski definition) is 4. The Morgan fingerprint density at radius 3 is 2.65 bits per heavy atom. The largest absolute Gasteiger partial charge is 0.497 e. The molecule has 142 valence electrons. The number of aliphatic imine (C=N–C) groups is 1. The van der Waals surface area contributed by atoms with E-state index in [1.54, 1.807) is 25.3 Å². The average molecular weight is 358 g/mol. The fourth-order valence-corrected chi connectivity index (χ4v) is 3.26. The van der Waals surface area contributed by atoms with Gasteiger partial charge in [-0.1, -0.05) is 19.1 Å². The van der Waals surface area contributed by atoms with Crippen molar-refractivity contribution in [3.8, 4) is 5.75 Å². The van der Waals surface area contributed by atoms with Crippen LogP contribution >= 0.6 is 0 Å². The van der Waals surface area contributed by atoms with Crippen molar-refractivity contribution in [3.05, 3.63) is 36.0 Å². The van der Waals surface area contributed by atoms with E-state index in [1.165, 1.54) is 0 Å². The van der Waals surface area contributed by atoms with Gasteiger partial charge in [0.15, 0.2) is 0 Å². The number of ether oxygens (including phenoxy) is 1. The quantitative estimate of drug-likeness (QED) is 0.734. The van der Waals surface area contributed by atoms with Crippen LogP contribution in [0.1, 0.15) is 25.3 Å². The lowest BCUT2D eigenvalue weighted by atomic mass is 10.0. The van der Waals surface area contributed by atoms with Gasteiger partial charge in [-0.05, 0) is 38.2 Å². The van der Waals surface area contributed by atoms with Crippen molar-refractivity contribution in [3.63, 3.8) is 0 Å². The van der Waals surface area contributed by atoms with Crippen LogP contribution < -0.4 is 4.74 Å². The van der Waals surface area contributed by atoms with E-state index >= 15 is 0 Å². The molecule has 1 aliphatic heterocycles. The minimum absolute atomic E-state index is 0.0380. The molecule has 0 bridgehead atoms. The Kier molecular flexibility index (Phi) is 7.21. The van der Waals surface area contributed by atoms with Gasteiger partial charge in [-0.25, -0.2) is 4.79 Å². The lowest BCUT2D eigenvalue weighted by molar-refractivity contribution is 0.126. The number of rotatable bonds is 6. The third-order valence-corrected chi connectivity index (χ3v) is 5.01. The Bertz CT molecular complexity index is 651. The standard InChI is InChI=1S/C20H30N4O2/c1-6-24-12-10-17(11-13-24)23(4)20(25)22(3)15-19(21-2)16-8-7-9-18(14-16)26-5/h7-9,14-15,17H,2,6,10-13H2,1,3-5H3/b19-15-. The van der Waals surface area contributed by atoms with Gasteiger partial charge in [0, 0.05) is 45.0 Å². The van der Waals surface area contributed by atoms with Crippen molar-refractivity contribution < 1.29 is 9.53 Å². The zero-order valence-electron chi connectivity index (χ0n) is 16.3. The number of urea groups is 1. The summed E-state index contributed by atoms with van der Waals surface area (Å²) in [5, 5.41) is 0. The summed E-state index contributed by atoms with van der Waals surface area (Å²) in [6, 6.07) is 7.80. The molecule has 1 aromatic rings. The zero-order chi connectivity index (χ0) is 19.1. The third-order valence-electron chi connectivity index (χ3n) is 5.01. The minimum atomic E-state index is -0.0380. The summed E-state index contributed by atoms with van der Waals surface area (Å²) in [6.45, 7) is 8.98.